The Morgan fingerprint density at radius 1 is 1.37 bits per heavy atom. The number of anilines is 1. The van der Waals surface area contributed by atoms with Crippen LogP contribution in [0.5, 0.6) is 0 Å². The highest BCUT2D eigenvalue weighted by Crippen LogP contribution is 2.17. The molecular formula is C14H19IN2O2. The molecule has 0 bridgehead atoms. The first-order valence-electron chi connectivity index (χ1n) is 6.47. The van der Waals surface area contributed by atoms with Crippen molar-refractivity contribution in [2.24, 2.45) is 0 Å². The molecule has 4 nitrogen and oxygen atoms in total. The average Bonchev–Trinajstić information content (AvgIpc) is 2.30. The lowest BCUT2D eigenvalue weighted by atomic mass is 10.2. The number of benzene rings is 1. The summed E-state index contributed by atoms with van der Waals surface area (Å²) in [7, 11) is 0. The molecule has 5 heteroatoms. The van der Waals surface area contributed by atoms with Gasteiger partial charge in [-0.3, -0.25) is 9.69 Å². The molecule has 1 N–H and O–H groups in total. The third-order valence-electron chi connectivity index (χ3n) is 3.01. The summed E-state index contributed by atoms with van der Waals surface area (Å²) in [6.45, 7) is 6.12. The Morgan fingerprint density at radius 2 is 2.00 bits per heavy atom. The number of amides is 1. The third-order valence-corrected chi connectivity index (χ3v) is 3.95. The van der Waals surface area contributed by atoms with Crippen molar-refractivity contribution in [3.8, 4) is 0 Å². The third kappa shape index (κ3) is 4.43. The Hall–Kier alpha value is -0.660. The molecule has 1 aliphatic rings. The Kier molecular flexibility index (Phi) is 5.18. The lowest BCUT2D eigenvalue weighted by Gasteiger charge is -2.34. The van der Waals surface area contributed by atoms with E-state index in [1.54, 1.807) is 0 Å². The van der Waals surface area contributed by atoms with Gasteiger partial charge in [0.2, 0.25) is 5.91 Å². The predicted molar refractivity (Wildman–Crippen MR) is 84.2 cm³/mol. The highest BCUT2D eigenvalue weighted by atomic mass is 127. The standard InChI is InChI=1S/C14H19IN2O2/c1-10-7-17(8-11(2)19-10)9-14(18)16-13-6-4-3-5-12(13)15/h3-6,10-11H,7-9H2,1-2H3,(H,16,18). The summed E-state index contributed by atoms with van der Waals surface area (Å²) in [6.07, 6.45) is 0.377. The summed E-state index contributed by atoms with van der Waals surface area (Å²) >= 11 is 2.22. The zero-order chi connectivity index (χ0) is 13.8. The lowest BCUT2D eigenvalue weighted by Crippen LogP contribution is -2.48. The molecule has 0 saturated carbocycles. The Bertz CT molecular complexity index is 443. The molecule has 1 heterocycles. The van der Waals surface area contributed by atoms with E-state index in [-0.39, 0.29) is 18.1 Å². The fourth-order valence-electron chi connectivity index (χ4n) is 2.37. The number of hydrogen-bond acceptors (Lipinski definition) is 3. The van der Waals surface area contributed by atoms with E-state index in [9.17, 15) is 4.79 Å². The van der Waals surface area contributed by atoms with E-state index in [1.807, 2.05) is 38.1 Å². The molecule has 1 amide bonds. The van der Waals surface area contributed by atoms with Gasteiger partial charge in [0, 0.05) is 16.7 Å². The first-order chi connectivity index (χ1) is 9.04. The molecule has 0 spiro atoms. The van der Waals surface area contributed by atoms with Crippen LogP contribution >= 0.6 is 22.6 Å². The molecule has 19 heavy (non-hydrogen) atoms. The molecule has 1 aliphatic heterocycles. The van der Waals surface area contributed by atoms with E-state index in [2.05, 4.69) is 32.8 Å². The van der Waals surface area contributed by atoms with E-state index in [0.717, 1.165) is 22.3 Å². The van der Waals surface area contributed by atoms with Crippen molar-refractivity contribution in [3.63, 3.8) is 0 Å². The summed E-state index contributed by atoms with van der Waals surface area (Å²) in [5.41, 5.74) is 0.877. The van der Waals surface area contributed by atoms with Crippen LogP contribution in [-0.4, -0.2) is 42.6 Å². The second-order valence-electron chi connectivity index (χ2n) is 4.98. The number of nitrogens with one attached hydrogen (secondary N) is 1. The van der Waals surface area contributed by atoms with Crippen LogP contribution in [0, 0.1) is 3.57 Å². The fraction of sp³-hybridized carbons (Fsp3) is 0.500. The van der Waals surface area contributed by atoms with Crippen LogP contribution in [0.3, 0.4) is 0 Å². The van der Waals surface area contributed by atoms with Crippen LogP contribution in [0.25, 0.3) is 0 Å². The maximum absolute atomic E-state index is 12.0. The number of carbonyl (C=O) groups is 1. The maximum Gasteiger partial charge on any atom is 0.238 e. The number of rotatable bonds is 3. The lowest BCUT2D eigenvalue weighted by molar-refractivity contribution is -0.121. The van der Waals surface area contributed by atoms with Crippen LogP contribution in [0.15, 0.2) is 24.3 Å². The van der Waals surface area contributed by atoms with Crippen molar-refractivity contribution in [3.05, 3.63) is 27.8 Å². The van der Waals surface area contributed by atoms with Gasteiger partial charge >= 0.3 is 0 Å². The summed E-state index contributed by atoms with van der Waals surface area (Å²) in [5.74, 6) is 0.0328. The van der Waals surface area contributed by atoms with Gasteiger partial charge in [0.25, 0.3) is 0 Å². The van der Waals surface area contributed by atoms with E-state index < -0.39 is 0 Å². The van der Waals surface area contributed by atoms with Crippen molar-refractivity contribution in [2.45, 2.75) is 26.1 Å². The molecule has 104 valence electrons. The van der Waals surface area contributed by atoms with Gasteiger partial charge in [0.05, 0.1) is 24.4 Å². The van der Waals surface area contributed by atoms with Crippen LogP contribution in [-0.2, 0) is 9.53 Å². The molecule has 0 aliphatic carbocycles. The summed E-state index contributed by atoms with van der Waals surface area (Å²) in [6, 6.07) is 7.79. The van der Waals surface area contributed by atoms with Crippen molar-refractivity contribution in [1.29, 1.82) is 0 Å². The summed E-state index contributed by atoms with van der Waals surface area (Å²) in [4.78, 5) is 14.2. The van der Waals surface area contributed by atoms with Crippen LogP contribution < -0.4 is 5.32 Å². The van der Waals surface area contributed by atoms with E-state index in [1.165, 1.54) is 0 Å². The molecule has 2 rings (SSSR count). The van der Waals surface area contributed by atoms with Gasteiger partial charge in [0.1, 0.15) is 0 Å². The molecule has 1 aromatic rings. The van der Waals surface area contributed by atoms with E-state index >= 15 is 0 Å². The van der Waals surface area contributed by atoms with Gasteiger partial charge in [-0.1, -0.05) is 12.1 Å². The second-order valence-corrected chi connectivity index (χ2v) is 6.14. The Labute approximate surface area is 127 Å². The minimum atomic E-state index is 0.0328. The van der Waals surface area contributed by atoms with E-state index in [0.29, 0.717) is 6.54 Å². The summed E-state index contributed by atoms with van der Waals surface area (Å²) in [5, 5.41) is 2.96. The SMILES string of the molecule is CC1CN(CC(=O)Nc2ccccc2I)CC(C)O1. The number of halogens is 1. The first kappa shape index (κ1) is 14.7. The van der Waals surface area contributed by atoms with Crippen LogP contribution in [0.1, 0.15) is 13.8 Å². The highest BCUT2D eigenvalue weighted by Gasteiger charge is 2.23. The molecule has 0 radical (unpaired) electrons. The largest absolute Gasteiger partial charge is 0.373 e. The monoisotopic (exact) mass is 374 g/mol. The van der Waals surface area contributed by atoms with Gasteiger partial charge in [-0.2, -0.15) is 0 Å². The number of carbonyl (C=O) groups excluding carboxylic acids is 1. The van der Waals surface area contributed by atoms with Crippen LogP contribution in [0.2, 0.25) is 0 Å². The fourth-order valence-corrected chi connectivity index (χ4v) is 2.89. The maximum atomic E-state index is 12.0. The quantitative estimate of drug-likeness (QED) is 0.826. The van der Waals surface area contributed by atoms with E-state index in [4.69, 9.17) is 4.74 Å². The molecule has 1 aromatic carbocycles. The molecule has 2 atom stereocenters. The van der Waals surface area contributed by atoms with Crippen molar-refractivity contribution >= 4 is 34.2 Å². The van der Waals surface area contributed by atoms with Gasteiger partial charge in [-0.15, -0.1) is 0 Å². The van der Waals surface area contributed by atoms with Crippen molar-refractivity contribution in [2.75, 3.05) is 25.0 Å². The minimum Gasteiger partial charge on any atom is -0.373 e. The number of morpholine rings is 1. The number of para-hydroxylation sites is 1. The van der Waals surface area contributed by atoms with Gasteiger partial charge in [-0.05, 0) is 48.6 Å². The van der Waals surface area contributed by atoms with Gasteiger partial charge < -0.3 is 10.1 Å². The number of ether oxygens (including phenoxy) is 1. The highest BCUT2D eigenvalue weighted by molar-refractivity contribution is 14.1. The topological polar surface area (TPSA) is 41.6 Å². The molecule has 0 aromatic heterocycles. The van der Waals surface area contributed by atoms with Gasteiger partial charge in [0.15, 0.2) is 0 Å². The first-order valence-corrected chi connectivity index (χ1v) is 7.54. The number of hydrogen-bond donors (Lipinski definition) is 1. The molecule has 1 saturated heterocycles. The molecule has 1 fully saturated rings. The minimum absolute atomic E-state index is 0.0328. The predicted octanol–water partition coefficient (Wildman–Crippen LogP) is 2.34. The second kappa shape index (κ2) is 6.67. The van der Waals surface area contributed by atoms with Gasteiger partial charge in [-0.25, -0.2) is 0 Å². The smallest absolute Gasteiger partial charge is 0.238 e. The molecular weight excluding hydrogens is 355 g/mol. The Morgan fingerprint density at radius 3 is 2.63 bits per heavy atom. The Balaban J connectivity index is 1.89. The average molecular weight is 374 g/mol. The summed E-state index contributed by atoms with van der Waals surface area (Å²) < 4.78 is 6.71. The van der Waals surface area contributed by atoms with Crippen molar-refractivity contribution in [1.82, 2.24) is 4.90 Å². The number of nitrogens with zero attached hydrogens (tertiary/aromatic N) is 1. The molecule has 2 unspecified atom stereocenters. The zero-order valence-electron chi connectivity index (χ0n) is 11.2. The van der Waals surface area contributed by atoms with Crippen molar-refractivity contribution < 1.29 is 9.53 Å². The normalized spacial score (nSPS) is 24.2. The van der Waals surface area contributed by atoms with Crippen LogP contribution in [0.4, 0.5) is 5.69 Å². The zero-order valence-corrected chi connectivity index (χ0v) is 13.4.